The lowest BCUT2D eigenvalue weighted by atomic mass is 9.72. The minimum absolute atomic E-state index is 0.0525. The summed E-state index contributed by atoms with van der Waals surface area (Å²) < 4.78 is 11.2. The maximum atomic E-state index is 11.0. The Hall–Kier alpha value is -3.44. The van der Waals surface area contributed by atoms with E-state index in [1.165, 1.54) is 24.1 Å². The molecule has 0 bridgehead atoms. The molecule has 3 aromatic rings. The van der Waals surface area contributed by atoms with Gasteiger partial charge in [-0.1, -0.05) is 20.8 Å². The number of hydrogen-bond acceptors (Lipinski definition) is 7. The van der Waals surface area contributed by atoms with Gasteiger partial charge in [-0.2, -0.15) is 5.26 Å². The highest BCUT2D eigenvalue weighted by molar-refractivity contribution is 7.16. The van der Waals surface area contributed by atoms with Crippen molar-refractivity contribution in [1.82, 2.24) is 0 Å². The van der Waals surface area contributed by atoms with Crippen molar-refractivity contribution in [3.63, 3.8) is 0 Å². The molecule has 2 heterocycles. The summed E-state index contributed by atoms with van der Waals surface area (Å²) in [7, 11) is 1.46. The third kappa shape index (κ3) is 4.55. The summed E-state index contributed by atoms with van der Waals surface area (Å²) in [5.74, 6) is 1.99. The number of nitro benzene ring substituents is 1. The topological polar surface area (TPSA) is 102 Å². The number of nitriles is 1. The molecule has 1 aliphatic rings. The molecular weight excluding hydrogens is 438 g/mol. The Balaban J connectivity index is 1.59. The fourth-order valence-electron chi connectivity index (χ4n) is 4.20. The number of non-ortho nitro benzene ring substituents is 1. The SMILES string of the molecule is COc1cc([N+](=O)[O-])ccc1-c1ccc(C=Nc2sc3c(c2C#N)CC[C@@H](C(C)(C)C)C3)o1. The van der Waals surface area contributed by atoms with Crippen LogP contribution in [-0.2, 0) is 12.8 Å². The van der Waals surface area contributed by atoms with Crippen LogP contribution in [0.25, 0.3) is 11.3 Å². The van der Waals surface area contributed by atoms with Crippen LogP contribution in [0.1, 0.15) is 49.0 Å². The minimum atomic E-state index is -0.469. The van der Waals surface area contributed by atoms with Crippen molar-refractivity contribution in [3.8, 4) is 23.1 Å². The molecule has 0 N–H and O–H groups in total. The molecule has 0 aliphatic heterocycles. The predicted octanol–water partition coefficient (Wildman–Crippen LogP) is 6.70. The van der Waals surface area contributed by atoms with Crippen molar-refractivity contribution in [2.45, 2.75) is 40.0 Å². The lowest BCUT2D eigenvalue weighted by molar-refractivity contribution is -0.384. The lowest BCUT2D eigenvalue weighted by Gasteiger charge is -2.33. The number of rotatable bonds is 5. The lowest BCUT2D eigenvalue weighted by Crippen LogP contribution is -2.26. The van der Waals surface area contributed by atoms with Crippen molar-refractivity contribution in [1.29, 1.82) is 5.26 Å². The summed E-state index contributed by atoms with van der Waals surface area (Å²) in [5, 5.41) is 21.5. The first-order valence-electron chi connectivity index (χ1n) is 10.7. The van der Waals surface area contributed by atoms with Gasteiger partial charge >= 0.3 is 0 Å². The molecule has 0 fully saturated rings. The van der Waals surface area contributed by atoms with Crippen LogP contribution < -0.4 is 4.74 Å². The molecule has 0 spiro atoms. The molecule has 33 heavy (non-hydrogen) atoms. The summed E-state index contributed by atoms with van der Waals surface area (Å²) >= 11 is 1.59. The molecule has 1 aromatic carbocycles. The van der Waals surface area contributed by atoms with Gasteiger partial charge in [0, 0.05) is 10.9 Å². The fraction of sp³-hybridized carbons (Fsp3) is 0.360. The van der Waals surface area contributed by atoms with E-state index < -0.39 is 4.92 Å². The van der Waals surface area contributed by atoms with Gasteiger partial charge in [-0.25, -0.2) is 4.99 Å². The maximum absolute atomic E-state index is 11.0. The first kappa shape index (κ1) is 22.7. The normalized spacial score (nSPS) is 15.9. The Labute approximate surface area is 196 Å². The average molecular weight is 464 g/mol. The number of nitrogens with zero attached hydrogens (tertiary/aromatic N) is 3. The van der Waals surface area contributed by atoms with Crippen molar-refractivity contribution < 1.29 is 14.1 Å². The van der Waals surface area contributed by atoms with E-state index in [-0.39, 0.29) is 11.1 Å². The second-order valence-corrected chi connectivity index (χ2v) is 10.3. The van der Waals surface area contributed by atoms with Gasteiger partial charge < -0.3 is 9.15 Å². The molecule has 0 saturated carbocycles. The summed E-state index contributed by atoms with van der Waals surface area (Å²) in [5.41, 5.74) is 2.61. The zero-order chi connectivity index (χ0) is 23.8. The van der Waals surface area contributed by atoms with E-state index >= 15 is 0 Å². The van der Waals surface area contributed by atoms with E-state index in [4.69, 9.17) is 9.15 Å². The molecule has 7 nitrogen and oxygen atoms in total. The van der Waals surface area contributed by atoms with Gasteiger partial charge in [-0.05, 0) is 54.4 Å². The van der Waals surface area contributed by atoms with Crippen molar-refractivity contribution in [2.24, 2.45) is 16.3 Å². The summed E-state index contributed by atoms with van der Waals surface area (Å²) in [4.78, 5) is 16.4. The number of furan rings is 1. The van der Waals surface area contributed by atoms with Crippen LogP contribution in [0.2, 0.25) is 0 Å². The zero-order valence-corrected chi connectivity index (χ0v) is 19.9. The van der Waals surface area contributed by atoms with E-state index in [0.717, 1.165) is 24.8 Å². The van der Waals surface area contributed by atoms with Gasteiger partial charge in [-0.3, -0.25) is 10.1 Å². The average Bonchev–Trinajstić information content (AvgIpc) is 3.40. The Morgan fingerprint density at radius 2 is 2.12 bits per heavy atom. The number of thiophene rings is 1. The minimum Gasteiger partial charge on any atom is -0.496 e. The Bertz CT molecular complexity index is 1270. The van der Waals surface area contributed by atoms with Gasteiger partial charge in [0.05, 0.1) is 35.4 Å². The highest BCUT2D eigenvalue weighted by Crippen LogP contribution is 2.45. The van der Waals surface area contributed by atoms with Crippen LogP contribution in [0.15, 0.2) is 39.7 Å². The third-order valence-corrected chi connectivity index (χ3v) is 7.34. The molecule has 1 atom stereocenters. The number of fused-ring (bicyclic) bond motifs is 1. The van der Waals surface area contributed by atoms with Crippen molar-refractivity contribution in [2.75, 3.05) is 7.11 Å². The highest BCUT2D eigenvalue weighted by atomic mass is 32.1. The van der Waals surface area contributed by atoms with E-state index in [9.17, 15) is 15.4 Å². The Kier molecular flexibility index (Phi) is 6.09. The molecule has 1 aliphatic carbocycles. The summed E-state index contributed by atoms with van der Waals surface area (Å²) in [6.45, 7) is 6.82. The molecule has 0 saturated heterocycles. The van der Waals surface area contributed by atoms with Crippen LogP contribution in [-0.4, -0.2) is 18.2 Å². The molecule has 0 amide bonds. The molecular formula is C25H25N3O4S. The number of ether oxygens (including phenoxy) is 1. The van der Waals surface area contributed by atoms with Crippen LogP contribution >= 0.6 is 11.3 Å². The smallest absolute Gasteiger partial charge is 0.273 e. The van der Waals surface area contributed by atoms with Crippen LogP contribution in [0.4, 0.5) is 10.7 Å². The molecule has 4 rings (SSSR count). The largest absolute Gasteiger partial charge is 0.496 e. The highest BCUT2D eigenvalue weighted by Gasteiger charge is 2.32. The predicted molar refractivity (Wildman–Crippen MR) is 129 cm³/mol. The van der Waals surface area contributed by atoms with Crippen LogP contribution in [0.5, 0.6) is 5.75 Å². The number of methoxy groups -OCH3 is 1. The van der Waals surface area contributed by atoms with Crippen LogP contribution in [0.3, 0.4) is 0 Å². The van der Waals surface area contributed by atoms with Crippen LogP contribution in [0, 0.1) is 32.8 Å². The van der Waals surface area contributed by atoms with Gasteiger partial charge in [0.1, 0.15) is 28.3 Å². The van der Waals surface area contributed by atoms with E-state index in [2.05, 4.69) is 31.8 Å². The third-order valence-electron chi connectivity index (χ3n) is 6.18. The van der Waals surface area contributed by atoms with Gasteiger partial charge in [0.25, 0.3) is 5.69 Å². The van der Waals surface area contributed by atoms with E-state index in [0.29, 0.717) is 39.3 Å². The number of benzene rings is 1. The second-order valence-electron chi connectivity index (χ2n) is 9.20. The van der Waals surface area contributed by atoms with Gasteiger partial charge in [0.15, 0.2) is 0 Å². The van der Waals surface area contributed by atoms with Gasteiger partial charge in [-0.15, -0.1) is 11.3 Å². The van der Waals surface area contributed by atoms with Gasteiger partial charge in [0.2, 0.25) is 0 Å². The zero-order valence-electron chi connectivity index (χ0n) is 19.0. The van der Waals surface area contributed by atoms with Crippen molar-refractivity contribution >= 4 is 28.2 Å². The summed E-state index contributed by atoms with van der Waals surface area (Å²) in [6.07, 6.45) is 4.60. The molecule has 0 unspecified atom stereocenters. The quantitative estimate of drug-likeness (QED) is 0.238. The number of nitro groups is 1. The molecule has 8 heteroatoms. The summed E-state index contributed by atoms with van der Waals surface area (Å²) in [6, 6.07) is 10.3. The van der Waals surface area contributed by atoms with Crippen molar-refractivity contribution in [3.05, 3.63) is 62.2 Å². The van der Waals surface area contributed by atoms with E-state index in [1.54, 1.807) is 35.8 Å². The molecule has 170 valence electrons. The standard InChI is InChI=1S/C25H25N3O4S/c1-25(2,3)15-5-8-18-20(13-26)24(33-23(18)11-15)27-14-17-7-10-21(32-17)19-9-6-16(28(29)30)12-22(19)31-4/h6-7,9-10,12,14-15H,5,8,11H2,1-4H3/t15-/m1/s1. The Morgan fingerprint density at radius 3 is 2.79 bits per heavy atom. The van der Waals surface area contributed by atoms with E-state index in [1.807, 2.05) is 0 Å². The first-order valence-corrected chi connectivity index (χ1v) is 11.5. The second kappa shape index (κ2) is 8.83. The first-order chi connectivity index (χ1) is 15.7. The molecule has 0 radical (unpaired) electrons. The molecule has 2 aromatic heterocycles. The number of hydrogen-bond donors (Lipinski definition) is 0. The number of aliphatic imine (C=N–C) groups is 1. The monoisotopic (exact) mass is 463 g/mol. The fourth-order valence-corrected chi connectivity index (χ4v) is 5.42. The maximum Gasteiger partial charge on any atom is 0.273 e. The Morgan fingerprint density at radius 1 is 1.33 bits per heavy atom.